The monoisotopic (exact) mass is 388 g/mol. The van der Waals surface area contributed by atoms with Crippen LogP contribution in [0.4, 0.5) is 5.69 Å². The topological polar surface area (TPSA) is 64.4 Å². The molecule has 0 atom stereocenters. The first-order chi connectivity index (χ1) is 11.6. The molecule has 0 aliphatic carbocycles. The van der Waals surface area contributed by atoms with Crippen LogP contribution in [0.25, 0.3) is 0 Å². The SMILES string of the molecule is Nc1ccc(C(=O)NCC2(c3cccc(Br)c3)CCOCC2)cc1. The summed E-state index contributed by atoms with van der Waals surface area (Å²) in [5.41, 5.74) is 8.10. The van der Waals surface area contributed by atoms with E-state index in [1.807, 2.05) is 12.1 Å². The molecule has 0 unspecified atom stereocenters. The number of rotatable bonds is 4. The van der Waals surface area contributed by atoms with E-state index in [0.29, 0.717) is 31.0 Å². The van der Waals surface area contributed by atoms with Gasteiger partial charge in [0, 0.05) is 40.9 Å². The van der Waals surface area contributed by atoms with Crippen LogP contribution in [-0.4, -0.2) is 25.7 Å². The van der Waals surface area contributed by atoms with Gasteiger partial charge in [-0.05, 0) is 54.8 Å². The lowest BCUT2D eigenvalue weighted by atomic mass is 9.74. The fourth-order valence-electron chi connectivity index (χ4n) is 3.13. The first kappa shape index (κ1) is 17.0. The van der Waals surface area contributed by atoms with Crippen LogP contribution in [0.5, 0.6) is 0 Å². The summed E-state index contributed by atoms with van der Waals surface area (Å²) in [5.74, 6) is -0.0733. The molecule has 5 heteroatoms. The van der Waals surface area contributed by atoms with E-state index in [0.717, 1.165) is 17.3 Å². The number of ether oxygens (including phenoxy) is 1. The molecule has 3 N–H and O–H groups in total. The lowest BCUT2D eigenvalue weighted by Crippen LogP contribution is -2.44. The van der Waals surface area contributed by atoms with Crippen LogP contribution in [0.1, 0.15) is 28.8 Å². The van der Waals surface area contributed by atoms with Gasteiger partial charge in [-0.3, -0.25) is 4.79 Å². The van der Waals surface area contributed by atoms with Crippen molar-refractivity contribution in [3.8, 4) is 0 Å². The number of amides is 1. The minimum atomic E-state index is -0.0918. The fraction of sp³-hybridized carbons (Fsp3) is 0.316. The van der Waals surface area contributed by atoms with Crippen LogP contribution in [0.3, 0.4) is 0 Å². The van der Waals surface area contributed by atoms with E-state index in [-0.39, 0.29) is 11.3 Å². The molecule has 1 aliphatic heterocycles. The summed E-state index contributed by atoms with van der Waals surface area (Å²) in [6.07, 6.45) is 1.79. The highest BCUT2D eigenvalue weighted by atomic mass is 79.9. The molecule has 24 heavy (non-hydrogen) atoms. The van der Waals surface area contributed by atoms with Crippen molar-refractivity contribution in [1.29, 1.82) is 0 Å². The summed E-state index contributed by atoms with van der Waals surface area (Å²) in [6.45, 7) is 2.02. The number of benzene rings is 2. The van der Waals surface area contributed by atoms with Crippen molar-refractivity contribution < 1.29 is 9.53 Å². The lowest BCUT2D eigenvalue weighted by Gasteiger charge is -2.38. The van der Waals surface area contributed by atoms with Crippen molar-refractivity contribution in [1.82, 2.24) is 5.32 Å². The highest BCUT2D eigenvalue weighted by Gasteiger charge is 2.35. The Hall–Kier alpha value is -1.85. The van der Waals surface area contributed by atoms with E-state index in [1.54, 1.807) is 24.3 Å². The van der Waals surface area contributed by atoms with Crippen molar-refractivity contribution in [3.05, 3.63) is 64.1 Å². The lowest BCUT2D eigenvalue weighted by molar-refractivity contribution is 0.0487. The van der Waals surface area contributed by atoms with Crippen LogP contribution >= 0.6 is 15.9 Å². The molecule has 1 heterocycles. The smallest absolute Gasteiger partial charge is 0.251 e. The first-order valence-corrected chi connectivity index (χ1v) is 8.86. The zero-order valence-electron chi connectivity index (χ0n) is 13.4. The molecule has 1 saturated heterocycles. The standard InChI is InChI=1S/C19H21BrN2O2/c20-16-3-1-2-15(12-16)19(8-10-24-11-9-19)13-22-18(23)14-4-6-17(21)7-5-14/h1-7,12H,8-11,13,21H2,(H,22,23). The largest absolute Gasteiger partial charge is 0.399 e. The average molecular weight is 389 g/mol. The Morgan fingerprint density at radius 2 is 1.88 bits per heavy atom. The van der Waals surface area contributed by atoms with Crippen molar-refractivity contribution in [3.63, 3.8) is 0 Å². The highest BCUT2D eigenvalue weighted by Crippen LogP contribution is 2.35. The maximum absolute atomic E-state index is 12.4. The van der Waals surface area contributed by atoms with E-state index >= 15 is 0 Å². The molecule has 2 aromatic carbocycles. The van der Waals surface area contributed by atoms with E-state index in [4.69, 9.17) is 10.5 Å². The number of carbonyl (C=O) groups excluding carboxylic acids is 1. The zero-order valence-corrected chi connectivity index (χ0v) is 15.0. The second-order valence-corrected chi connectivity index (χ2v) is 7.12. The number of halogens is 1. The third-order valence-corrected chi connectivity index (χ3v) is 5.14. The van der Waals surface area contributed by atoms with E-state index in [2.05, 4.69) is 33.4 Å². The Morgan fingerprint density at radius 1 is 1.17 bits per heavy atom. The van der Waals surface area contributed by atoms with Crippen LogP contribution in [0, 0.1) is 0 Å². The van der Waals surface area contributed by atoms with Crippen molar-refractivity contribution in [2.45, 2.75) is 18.3 Å². The number of hydrogen-bond acceptors (Lipinski definition) is 3. The molecular formula is C19H21BrN2O2. The first-order valence-electron chi connectivity index (χ1n) is 8.07. The Labute approximate surface area is 150 Å². The summed E-state index contributed by atoms with van der Waals surface area (Å²) >= 11 is 3.55. The van der Waals surface area contributed by atoms with Gasteiger partial charge in [0.2, 0.25) is 0 Å². The molecule has 2 aromatic rings. The highest BCUT2D eigenvalue weighted by molar-refractivity contribution is 9.10. The average Bonchev–Trinajstić information content (AvgIpc) is 2.61. The van der Waals surface area contributed by atoms with E-state index < -0.39 is 0 Å². The van der Waals surface area contributed by atoms with Crippen molar-refractivity contribution >= 4 is 27.5 Å². The number of nitrogens with one attached hydrogen (secondary N) is 1. The van der Waals surface area contributed by atoms with Crippen molar-refractivity contribution in [2.75, 3.05) is 25.5 Å². The fourth-order valence-corrected chi connectivity index (χ4v) is 3.53. The third kappa shape index (κ3) is 3.79. The van der Waals surface area contributed by atoms with E-state index in [1.165, 1.54) is 5.56 Å². The zero-order chi connectivity index (χ0) is 17.0. The van der Waals surface area contributed by atoms with Gasteiger partial charge in [0.25, 0.3) is 5.91 Å². The van der Waals surface area contributed by atoms with E-state index in [9.17, 15) is 4.79 Å². The van der Waals surface area contributed by atoms with Gasteiger partial charge in [-0.2, -0.15) is 0 Å². The molecule has 1 fully saturated rings. The maximum Gasteiger partial charge on any atom is 0.251 e. The molecule has 126 valence electrons. The van der Waals surface area contributed by atoms with Gasteiger partial charge in [0.05, 0.1) is 0 Å². The summed E-state index contributed by atoms with van der Waals surface area (Å²) in [7, 11) is 0. The second kappa shape index (κ2) is 7.36. The minimum absolute atomic E-state index is 0.0733. The van der Waals surface area contributed by atoms with Gasteiger partial charge < -0.3 is 15.8 Å². The molecule has 3 rings (SSSR count). The normalized spacial score (nSPS) is 16.5. The molecular weight excluding hydrogens is 368 g/mol. The summed E-state index contributed by atoms with van der Waals surface area (Å²) in [5, 5.41) is 3.10. The summed E-state index contributed by atoms with van der Waals surface area (Å²) in [6, 6.07) is 15.3. The van der Waals surface area contributed by atoms with Gasteiger partial charge in [-0.1, -0.05) is 28.1 Å². The number of hydrogen-bond donors (Lipinski definition) is 2. The molecule has 0 radical (unpaired) electrons. The Morgan fingerprint density at radius 3 is 2.54 bits per heavy atom. The molecule has 0 spiro atoms. The molecule has 1 aliphatic rings. The van der Waals surface area contributed by atoms with Crippen LogP contribution in [-0.2, 0) is 10.2 Å². The van der Waals surface area contributed by atoms with Crippen molar-refractivity contribution in [2.24, 2.45) is 0 Å². The van der Waals surface area contributed by atoms with Crippen LogP contribution in [0.2, 0.25) is 0 Å². The Balaban J connectivity index is 1.77. The van der Waals surface area contributed by atoms with Gasteiger partial charge in [0.15, 0.2) is 0 Å². The number of nitrogen functional groups attached to an aromatic ring is 1. The predicted molar refractivity (Wildman–Crippen MR) is 99.1 cm³/mol. The minimum Gasteiger partial charge on any atom is -0.399 e. The quantitative estimate of drug-likeness (QED) is 0.787. The second-order valence-electron chi connectivity index (χ2n) is 6.21. The van der Waals surface area contributed by atoms with Crippen LogP contribution < -0.4 is 11.1 Å². The Kier molecular flexibility index (Phi) is 5.21. The van der Waals surface area contributed by atoms with Gasteiger partial charge in [-0.15, -0.1) is 0 Å². The third-order valence-electron chi connectivity index (χ3n) is 4.65. The Bertz CT molecular complexity index is 710. The summed E-state index contributed by atoms with van der Waals surface area (Å²) in [4.78, 5) is 12.4. The van der Waals surface area contributed by atoms with Crippen LogP contribution in [0.15, 0.2) is 53.0 Å². The van der Waals surface area contributed by atoms with Gasteiger partial charge in [-0.25, -0.2) is 0 Å². The summed E-state index contributed by atoms with van der Waals surface area (Å²) < 4.78 is 6.59. The number of carbonyl (C=O) groups is 1. The number of nitrogens with two attached hydrogens (primary N) is 1. The number of anilines is 1. The molecule has 1 amide bonds. The van der Waals surface area contributed by atoms with Gasteiger partial charge in [0.1, 0.15) is 0 Å². The van der Waals surface area contributed by atoms with Gasteiger partial charge >= 0.3 is 0 Å². The molecule has 0 aromatic heterocycles. The molecule has 0 saturated carbocycles. The molecule has 4 nitrogen and oxygen atoms in total. The molecule has 0 bridgehead atoms. The maximum atomic E-state index is 12.4. The predicted octanol–water partition coefficient (Wildman–Crippen LogP) is 3.51.